The van der Waals surface area contributed by atoms with E-state index in [4.69, 9.17) is 10.2 Å². The number of amides is 5. The molecule has 3 fully saturated rings. The third-order valence-electron chi connectivity index (χ3n) is 13.8. The first-order valence-corrected chi connectivity index (χ1v) is 24.3. The largest absolute Gasteiger partial charge is 0.431 e. The van der Waals surface area contributed by atoms with E-state index < -0.39 is 17.9 Å². The second-order valence-corrected chi connectivity index (χ2v) is 19.7. The Bertz CT molecular complexity index is 2800. The molecule has 10 rings (SSSR count). The Kier molecular flexibility index (Phi) is 13.0. The molecule has 5 aromatic rings. The lowest BCUT2D eigenvalue weighted by Gasteiger charge is -2.40. The van der Waals surface area contributed by atoms with Crippen LogP contribution in [0, 0.1) is 0 Å². The zero-order chi connectivity index (χ0) is 47.6. The number of nitrogens with two attached hydrogens (primary N) is 1. The number of nitrogens with one attached hydrogen (secondary N) is 3. The van der Waals surface area contributed by atoms with E-state index in [2.05, 4.69) is 63.6 Å². The number of pyridine rings is 1. The van der Waals surface area contributed by atoms with Crippen molar-refractivity contribution in [1.29, 1.82) is 0 Å². The Labute approximate surface area is 403 Å². The molecule has 69 heavy (non-hydrogen) atoms. The summed E-state index contributed by atoms with van der Waals surface area (Å²) in [6.45, 7) is 7.60. The lowest BCUT2D eigenvalue weighted by molar-refractivity contribution is -0.136. The molecular weight excluding hydrogens is 897 g/mol. The van der Waals surface area contributed by atoms with Gasteiger partial charge in [0.05, 0.1) is 24.2 Å². The molecule has 1 atom stereocenters. The van der Waals surface area contributed by atoms with Crippen LogP contribution in [0.15, 0.2) is 99.8 Å². The molecule has 18 nitrogen and oxygen atoms in total. The van der Waals surface area contributed by atoms with Crippen molar-refractivity contribution in [2.24, 2.45) is 5.73 Å². The summed E-state index contributed by atoms with van der Waals surface area (Å²) in [5, 5.41) is 8.99. The Morgan fingerprint density at radius 3 is 2.41 bits per heavy atom. The zero-order valence-electron chi connectivity index (χ0n) is 38.4. The molecule has 0 spiro atoms. The molecule has 5 amide bonds. The molecule has 0 radical (unpaired) electrons. The fourth-order valence-corrected chi connectivity index (χ4v) is 10.4. The number of anilines is 3. The molecule has 3 saturated heterocycles. The number of carbonyl (C=O) groups excluding carboxylic acids is 5. The Morgan fingerprint density at radius 1 is 0.855 bits per heavy atom. The van der Waals surface area contributed by atoms with Crippen molar-refractivity contribution in [2.45, 2.75) is 92.5 Å². The molecule has 0 aliphatic carbocycles. The molecule has 5 aliphatic rings. The van der Waals surface area contributed by atoms with Crippen LogP contribution in [0.4, 0.5) is 17.3 Å². The number of hydrogen-bond acceptors (Lipinski definition) is 15. The van der Waals surface area contributed by atoms with Crippen LogP contribution in [0.1, 0.15) is 100 Å². The minimum absolute atomic E-state index is 0.117. The molecule has 5 N–H and O–H groups in total. The van der Waals surface area contributed by atoms with E-state index in [1.165, 1.54) is 22.9 Å². The van der Waals surface area contributed by atoms with E-state index >= 15 is 0 Å². The van der Waals surface area contributed by atoms with Gasteiger partial charge in [0.1, 0.15) is 22.7 Å². The summed E-state index contributed by atoms with van der Waals surface area (Å²) in [5.74, 6) is 0.612. The first-order valence-electron chi connectivity index (χ1n) is 23.5. The standard InChI is InChI=1S/C50H54N12O6S/c1-50(51)15-21-61(22-16-50)42-28-54-44(29-53-42)69-37-4-2-3-35(24-37)57-45(64)33-6-9-41(52-26-33)60-19-13-36(14-20-60)59-17-11-32(12-18-59)48-56-27-40(68-48)47(66)55-25-31-5-7-38-34(23-31)30-62(49(38)67)39-8-10-43(63)58-46(39)65/h2-7,9,11,23-24,26-29,36,39H,8,10,12-22,25,30,51H2,1H3,(H,55,66)(H,57,64)(H,58,63,65). The lowest BCUT2D eigenvalue weighted by atomic mass is 9.91. The number of benzene rings is 2. The number of rotatable bonds is 12. The van der Waals surface area contributed by atoms with E-state index in [0.29, 0.717) is 35.2 Å². The Morgan fingerprint density at radius 2 is 1.67 bits per heavy atom. The van der Waals surface area contributed by atoms with Crippen molar-refractivity contribution in [1.82, 2.24) is 40.4 Å². The van der Waals surface area contributed by atoms with Gasteiger partial charge >= 0.3 is 0 Å². The minimum Gasteiger partial charge on any atom is -0.431 e. The number of hydrogen-bond donors (Lipinski definition) is 4. The van der Waals surface area contributed by atoms with Crippen LogP contribution in [0.3, 0.4) is 0 Å². The molecule has 5 aliphatic heterocycles. The molecule has 19 heteroatoms. The van der Waals surface area contributed by atoms with Crippen molar-refractivity contribution in [3.05, 3.63) is 119 Å². The van der Waals surface area contributed by atoms with Gasteiger partial charge in [0.25, 0.3) is 17.7 Å². The van der Waals surface area contributed by atoms with Crippen LogP contribution < -0.4 is 31.5 Å². The van der Waals surface area contributed by atoms with Crippen LogP contribution in [0.2, 0.25) is 0 Å². The van der Waals surface area contributed by atoms with Crippen molar-refractivity contribution in [3.8, 4) is 0 Å². The molecule has 0 saturated carbocycles. The van der Waals surface area contributed by atoms with E-state index in [1.807, 2.05) is 48.7 Å². The van der Waals surface area contributed by atoms with Gasteiger partial charge in [-0.3, -0.25) is 34.2 Å². The smallest absolute Gasteiger partial charge is 0.288 e. The highest BCUT2D eigenvalue weighted by Crippen LogP contribution is 2.32. The molecule has 8 heterocycles. The van der Waals surface area contributed by atoms with E-state index in [-0.39, 0.29) is 48.5 Å². The summed E-state index contributed by atoms with van der Waals surface area (Å²) in [6, 6.07) is 16.5. The topological polar surface area (TPSA) is 225 Å². The van der Waals surface area contributed by atoms with Gasteiger partial charge in [-0.25, -0.2) is 19.9 Å². The predicted octanol–water partition coefficient (Wildman–Crippen LogP) is 5.03. The average Bonchev–Trinajstić information content (AvgIpc) is 3.99. The Hall–Kier alpha value is -6.96. The highest BCUT2D eigenvalue weighted by molar-refractivity contribution is 7.99. The fourth-order valence-electron chi connectivity index (χ4n) is 9.65. The first-order chi connectivity index (χ1) is 33.4. The Balaban J connectivity index is 0.656. The second kappa shape index (κ2) is 19.6. The van der Waals surface area contributed by atoms with Gasteiger partial charge in [0.2, 0.25) is 23.5 Å². The van der Waals surface area contributed by atoms with Crippen LogP contribution in [0.25, 0.3) is 5.57 Å². The fraction of sp³-hybridized carbons (Fsp3) is 0.380. The number of piperidine rings is 3. The van der Waals surface area contributed by atoms with E-state index in [1.54, 1.807) is 24.5 Å². The number of imide groups is 1. The van der Waals surface area contributed by atoms with Crippen molar-refractivity contribution in [3.63, 3.8) is 0 Å². The molecule has 1 unspecified atom stereocenters. The molecule has 3 aromatic heterocycles. The van der Waals surface area contributed by atoms with Crippen LogP contribution in [0.5, 0.6) is 0 Å². The third-order valence-corrected chi connectivity index (χ3v) is 14.7. The summed E-state index contributed by atoms with van der Waals surface area (Å²) in [5.41, 5.74) is 10.4. The van der Waals surface area contributed by atoms with Gasteiger partial charge in [-0.1, -0.05) is 36.0 Å². The number of fused-ring (bicyclic) bond motifs is 1. The van der Waals surface area contributed by atoms with E-state index in [9.17, 15) is 24.0 Å². The summed E-state index contributed by atoms with van der Waals surface area (Å²) in [7, 11) is 0. The SMILES string of the molecule is CC1(N)CCN(c2cnc(Sc3cccc(NC(=O)c4ccc(N5CCC(N6CC=C(c7ncc(C(=O)NCc8ccc9c(c8)CN(C8CCC(=O)NC8=O)C9=O)o7)CC6)CC5)nc4)c3)cn2)CC1. The number of aromatic nitrogens is 4. The molecule has 2 aromatic carbocycles. The van der Waals surface area contributed by atoms with E-state index in [0.717, 1.165) is 110 Å². The predicted molar refractivity (Wildman–Crippen MR) is 258 cm³/mol. The summed E-state index contributed by atoms with van der Waals surface area (Å²) >= 11 is 1.49. The summed E-state index contributed by atoms with van der Waals surface area (Å²) in [4.78, 5) is 91.2. The number of oxazole rings is 1. The zero-order valence-corrected chi connectivity index (χ0v) is 39.2. The lowest BCUT2D eigenvalue weighted by Crippen LogP contribution is -2.52. The van der Waals surface area contributed by atoms with Crippen molar-refractivity contribution in [2.75, 3.05) is 54.4 Å². The van der Waals surface area contributed by atoms with Gasteiger partial charge < -0.3 is 35.5 Å². The van der Waals surface area contributed by atoms with Gasteiger partial charge in [0, 0.05) is 98.3 Å². The molecule has 356 valence electrons. The maximum atomic E-state index is 13.3. The summed E-state index contributed by atoms with van der Waals surface area (Å²) in [6.07, 6.45) is 13.8. The minimum atomic E-state index is -0.685. The number of carbonyl (C=O) groups is 5. The second-order valence-electron chi connectivity index (χ2n) is 18.6. The first kappa shape index (κ1) is 45.8. The van der Waals surface area contributed by atoms with Crippen molar-refractivity contribution >= 4 is 64.2 Å². The quantitative estimate of drug-likeness (QED) is 0.120. The monoisotopic (exact) mass is 950 g/mol. The highest BCUT2D eigenvalue weighted by atomic mass is 32.2. The van der Waals surface area contributed by atoms with Gasteiger partial charge in [-0.05, 0) is 93.0 Å². The molecule has 0 bridgehead atoms. The maximum absolute atomic E-state index is 13.3. The summed E-state index contributed by atoms with van der Waals surface area (Å²) < 4.78 is 5.93. The van der Waals surface area contributed by atoms with Crippen LogP contribution in [-0.2, 0) is 22.7 Å². The van der Waals surface area contributed by atoms with Gasteiger partial charge in [0.15, 0.2) is 0 Å². The normalized spacial score (nSPS) is 19.8. The maximum Gasteiger partial charge on any atom is 0.288 e. The van der Waals surface area contributed by atoms with Gasteiger partial charge in [-0.2, -0.15) is 0 Å². The molecular formula is C50H54N12O6S. The van der Waals surface area contributed by atoms with Crippen LogP contribution >= 0.6 is 11.8 Å². The highest BCUT2D eigenvalue weighted by Gasteiger charge is 2.39. The van der Waals surface area contributed by atoms with Crippen LogP contribution in [-0.4, -0.2) is 116 Å². The third kappa shape index (κ3) is 10.4. The van der Waals surface area contributed by atoms with Crippen molar-refractivity contribution < 1.29 is 28.4 Å². The average molecular weight is 951 g/mol. The number of nitrogens with zero attached hydrogens (tertiary/aromatic N) is 8. The van der Waals surface area contributed by atoms with Gasteiger partial charge in [-0.15, -0.1) is 0 Å².